The molecular formula is C16H16ClF2N. The Labute approximate surface area is 122 Å². The highest BCUT2D eigenvalue weighted by Crippen LogP contribution is 2.27. The van der Waals surface area contributed by atoms with Crippen LogP contribution in [0.1, 0.15) is 22.7 Å². The van der Waals surface area contributed by atoms with Crippen LogP contribution in [0.3, 0.4) is 0 Å². The molecule has 1 N–H and O–H groups in total. The highest BCUT2D eigenvalue weighted by atomic mass is 35.5. The Morgan fingerprint density at radius 1 is 1.15 bits per heavy atom. The maximum absolute atomic E-state index is 13.8. The van der Waals surface area contributed by atoms with E-state index in [2.05, 4.69) is 5.32 Å². The van der Waals surface area contributed by atoms with E-state index in [1.165, 1.54) is 18.2 Å². The average Bonchev–Trinajstić information content (AvgIpc) is 2.39. The van der Waals surface area contributed by atoms with Gasteiger partial charge in [-0.15, -0.1) is 0 Å². The number of benzene rings is 2. The molecule has 106 valence electrons. The van der Waals surface area contributed by atoms with Crippen molar-refractivity contribution in [1.29, 1.82) is 0 Å². The van der Waals surface area contributed by atoms with E-state index in [-0.39, 0.29) is 5.56 Å². The molecule has 0 aliphatic heterocycles. The van der Waals surface area contributed by atoms with E-state index in [1.54, 1.807) is 7.05 Å². The van der Waals surface area contributed by atoms with Crippen molar-refractivity contribution in [2.45, 2.75) is 19.4 Å². The van der Waals surface area contributed by atoms with Crippen LogP contribution in [-0.4, -0.2) is 7.05 Å². The summed E-state index contributed by atoms with van der Waals surface area (Å²) in [4.78, 5) is 0. The molecule has 0 saturated carbocycles. The number of likely N-dealkylation sites (N-methyl/N-ethyl adjacent to an activating group) is 1. The van der Waals surface area contributed by atoms with Crippen LogP contribution in [-0.2, 0) is 6.42 Å². The van der Waals surface area contributed by atoms with Crippen molar-refractivity contribution in [3.63, 3.8) is 0 Å². The summed E-state index contributed by atoms with van der Waals surface area (Å²) >= 11 is 6.18. The minimum absolute atomic E-state index is 0.0478. The fraction of sp³-hybridized carbons (Fsp3) is 0.250. The summed E-state index contributed by atoms with van der Waals surface area (Å²) in [5, 5.41) is 3.56. The van der Waals surface area contributed by atoms with Gasteiger partial charge in [-0.3, -0.25) is 0 Å². The van der Waals surface area contributed by atoms with Gasteiger partial charge in [0.1, 0.15) is 11.6 Å². The zero-order valence-electron chi connectivity index (χ0n) is 11.4. The summed E-state index contributed by atoms with van der Waals surface area (Å²) < 4.78 is 27.7. The largest absolute Gasteiger partial charge is 0.313 e. The van der Waals surface area contributed by atoms with E-state index < -0.39 is 17.7 Å². The zero-order chi connectivity index (χ0) is 14.7. The lowest BCUT2D eigenvalue weighted by Crippen LogP contribution is -2.21. The molecule has 0 aliphatic carbocycles. The van der Waals surface area contributed by atoms with Crippen molar-refractivity contribution >= 4 is 11.6 Å². The van der Waals surface area contributed by atoms with Gasteiger partial charge in [-0.05, 0) is 49.7 Å². The second-order valence-corrected chi connectivity index (χ2v) is 5.18. The quantitative estimate of drug-likeness (QED) is 0.880. The van der Waals surface area contributed by atoms with Crippen LogP contribution in [0, 0.1) is 18.6 Å². The number of hydrogen-bond donors (Lipinski definition) is 1. The van der Waals surface area contributed by atoms with Crippen LogP contribution in [0.15, 0.2) is 36.4 Å². The predicted octanol–water partition coefficient (Wildman–Crippen LogP) is 4.43. The Morgan fingerprint density at radius 2 is 1.80 bits per heavy atom. The first kappa shape index (κ1) is 14.9. The van der Waals surface area contributed by atoms with E-state index >= 15 is 0 Å². The number of halogens is 3. The van der Waals surface area contributed by atoms with Gasteiger partial charge in [-0.2, -0.15) is 0 Å². The number of rotatable bonds is 4. The van der Waals surface area contributed by atoms with Crippen molar-refractivity contribution < 1.29 is 8.78 Å². The molecule has 0 spiro atoms. The summed E-state index contributed by atoms with van der Waals surface area (Å²) in [6.07, 6.45) is 0.424. The highest BCUT2D eigenvalue weighted by molar-refractivity contribution is 6.31. The highest BCUT2D eigenvalue weighted by Gasteiger charge is 2.19. The second-order valence-electron chi connectivity index (χ2n) is 4.78. The van der Waals surface area contributed by atoms with E-state index in [4.69, 9.17) is 11.6 Å². The van der Waals surface area contributed by atoms with E-state index in [9.17, 15) is 8.78 Å². The fourth-order valence-electron chi connectivity index (χ4n) is 2.23. The lowest BCUT2D eigenvalue weighted by atomic mass is 9.97. The van der Waals surface area contributed by atoms with Crippen LogP contribution >= 0.6 is 11.6 Å². The Bertz CT molecular complexity index is 593. The first-order valence-electron chi connectivity index (χ1n) is 6.39. The molecule has 0 amide bonds. The van der Waals surface area contributed by atoms with Crippen LogP contribution in [0.5, 0.6) is 0 Å². The SMILES string of the molecule is CNC(Cc1ccc(C)cc1Cl)c1c(F)cccc1F. The summed E-state index contributed by atoms with van der Waals surface area (Å²) in [5.74, 6) is -1.10. The molecule has 0 bridgehead atoms. The van der Waals surface area contributed by atoms with Crippen molar-refractivity contribution in [2.75, 3.05) is 7.05 Å². The molecule has 1 unspecified atom stereocenters. The summed E-state index contributed by atoms with van der Waals surface area (Å²) in [5.41, 5.74) is 1.96. The molecule has 0 aromatic heterocycles. The van der Waals surface area contributed by atoms with E-state index in [0.717, 1.165) is 11.1 Å². The molecular weight excluding hydrogens is 280 g/mol. The molecule has 4 heteroatoms. The van der Waals surface area contributed by atoms with Gasteiger partial charge in [0.2, 0.25) is 0 Å². The van der Waals surface area contributed by atoms with Crippen molar-refractivity contribution in [1.82, 2.24) is 5.32 Å². The molecule has 0 heterocycles. The van der Waals surface area contributed by atoms with Gasteiger partial charge < -0.3 is 5.32 Å². The third kappa shape index (κ3) is 3.17. The lowest BCUT2D eigenvalue weighted by molar-refractivity contribution is 0.489. The second kappa shape index (κ2) is 6.33. The monoisotopic (exact) mass is 295 g/mol. The van der Waals surface area contributed by atoms with Crippen molar-refractivity contribution in [3.05, 3.63) is 69.7 Å². The molecule has 2 rings (SSSR count). The van der Waals surface area contributed by atoms with Crippen molar-refractivity contribution in [2.24, 2.45) is 0 Å². The Hall–Kier alpha value is -1.45. The molecule has 20 heavy (non-hydrogen) atoms. The molecule has 2 aromatic carbocycles. The van der Waals surface area contributed by atoms with Gasteiger partial charge in [0.15, 0.2) is 0 Å². The van der Waals surface area contributed by atoms with E-state index in [1.807, 2.05) is 25.1 Å². The summed E-state index contributed by atoms with van der Waals surface area (Å²) in [6.45, 7) is 1.95. The van der Waals surface area contributed by atoms with Crippen molar-refractivity contribution in [3.8, 4) is 0 Å². The lowest BCUT2D eigenvalue weighted by Gasteiger charge is -2.19. The molecule has 0 aliphatic rings. The van der Waals surface area contributed by atoms with E-state index in [0.29, 0.717) is 11.4 Å². The summed E-state index contributed by atoms with van der Waals surface area (Å²) in [7, 11) is 1.68. The number of hydrogen-bond acceptors (Lipinski definition) is 1. The Kier molecular flexibility index (Phi) is 4.73. The molecule has 1 nitrogen and oxygen atoms in total. The van der Waals surface area contributed by atoms with Gasteiger partial charge in [-0.25, -0.2) is 8.78 Å². The Balaban J connectivity index is 2.34. The predicted molar refractivity (Wildman–Crippen MR) is 78.1 cm³/mol. The normalized spacial score (nSPS) is 12.4. The van der Waals surface area contributed by atoms with Gasteiger partial charge in [-0.1, -0.05) is 29.8 Å². The first-order valence-corrected chi connectivity index (χ1v) is 6.77. The zero-order valence-corrected chi connectivity index (χ0v) is 12.1. The van der Waals surface area contributed by atoms with Gasteiger partial charge in [0.25, 0.3) is 0 Å². The molecule has 1 atom stereocenters. The molecule has 0 fully saturated rings. The van der Waals surface area contributed by atoms with Crippen LogP contribution < -0.4 is 5.32 Å². The minimum atomic E-state index is -0.549. The molecule has 2 aromatic rings. The third-order valence-corrected chi connectivity index (χ3v) is 3.68. The van der Waals surface area contributed by atoms with Gasteiger partial charge >= 0.3 is 0 Å². The minimum Gasteiger partial charge on any atom is -0.313 e. The maximum Gasteiger partial charge on any atom is 0.130 e. The van der Waals surface area contributed by atoms with Crippen LogP contribution in [0.4, 0.5) is 8.78 Å². The average molecular weight is 296 g/mol. The summed E-state index contributed by atoms with van der Waals surface area (Å²) in [6, 6.07) is 9.10. The fourth-order valence-corrected chi connectivity index (χ4v) is 2.54. The molecule has 0 saturated heterocycles. The number of nitrogens with one attached hydrogen (secondary N) is 1. The topological polar surface area (TPSA) is 12.0 Å². The van der Waals surface area contributed by atoms with Crippen LogP contribution in [0.25, 0.3) is 0 Å². The third-order valence-electron chi connectivity index (χ3n) is 3.33. The first-order chi connectivity index (χ1) is 9.52. The maximum atomic E-state index is 13.8. The number of aryl methyl sites for hydroxylation is 1. The van der Waals surface area contributed by atoms with Gasteiger partial charge in [0.05, 0.1) is 0 Å². The Morgan fingerprint density at radius 3 is 2.35 bits per heavy atom. The molecule has 0 radical (unpaired) electrons. The van der Waals surface area contributed by atoms with Gasteiger partial charge in [0, 0.05) is 16.6 Å². The van der Waals surface area contributed by atoms with Crippen LogP contribution in [0.2, 0.25) is 5.02 Å². The standard InChI is InChI=1S/C16H16ClF2N/c1-10-6-7-11(12(17)8-10)9-15(20-2)16-13(18)4-3-5-14(16)19/h3-8,15,20H,9H2,1-2H3. The smallest absolute Gasteiger partial charge is 0.130 e.